The summed E-state index contributed by atoms with van der Waals surface area (Å²) in [5, 5.41) is 4.39. The zero-order chi connectivity index (χ0) is 22.0. The number of aromatic nitrogens is 4. The van der Waals surface area contributed by atoms with Gasteiger partial charge in [0.25, 0.3) is 0 Å². The van der Waals surface area contributed by atoms with E-state index in [2.05, 4.69) is 29.6 Å². The Morgan fingerprint density at radius 3 is 2.48 bits per heavy atom. The molecule has 10 heteroatoms. The molecule has 0 amide bonds. The molecule has 1 saturated heterocycles. The smallest absolute Gasteiger partial charge is 0.406 e. The highest BCUT2D eigenvalue weighted by molar-refractivity contribution is 5.73. The number of aryl methyl sites for hydroxylation is 2. The second-order valence-corrected chi connectivity index (χ2v) is 7.48. The van der Waals surface area contributed by atoms with Gasteiger partial charge in [0.1, 0.15) is 11.4 Å². The van der Waals surface area contributed by atoms with Crippen LogP contribution in [0.5, 0.6) is 5.75 Å². The molecule has 0 spiro atoms. The normalized spacial score (nSPS) is 15.3. The van der Waals surface area contributed by atoms with Gasteiger partial charge in [0, 0.05) is 69.5 Å². The Morgan fingerprint density at radius 2 is 1.81 bits per heavy atom. The first-order valence-electron chi connectivity index (χ1n) is 9.92. The number of halogens is 3. The van der Waals surface area contributed by atoms with Gasteiger partial charge in [-0.15, -0.1) is 13.2 Å². The van der Waals surface area contributed by atoms with Gasteiger partial charge in [-0.1, -0.05) is 12.1 Å². The van der Waals surface area contributed by atoms with Crippen LogP contribution in [-0.2, 0) is 13.6 Å². The van der Waals surface area contributed by atoms with Crippen LogP contribution in [0.25, 0.3) is 11.3 Å². The van der Waals surface area contributed by atoms with E-state index in [4.69, 9.17) is 0 Å². The van der Waals surface area contributed by atoms with E-state index in [-0.39, 0.29) is 5.75 Å². The quantitative estimate of drug-likeness (QED) is 0.616. The second kappa shape index (κ2) is 8.54. The summed E-state index contributed by atoms with van der Waals surface area (Å²) in [5.74, 6) is 0.377. The van der Waals surface area contributed by atoms with E-state index >= 15 is 0 Å². The Labute approximate surface area is 178 Å². The fraction of sp³-hybridized carbons (Fsp3) is 0.381. The molecular weight excluding hydrogens is 409 g/mol. The Morgan fingerprint density at radius 1 is 1.06 bits per heavy atom. The number of nitrogens with zero attached hydrogens (tertiary/aromatic N) is 6. The van der Waals surface area contributed by atoms with Gasteiger partial charge in [-0.2, -0.15) is 5.10 Å². The van der Waals surface area contributed by atoms with Gasteiger partial charge in [0.05, 0.1) is 5.69 Å². The maximum Gasteiger partial charge on any atom is 0.573 e. The van der Waals surface area contributed by atoms with Crippen molar-refractivity contribution in [1.82, 2.24) is 24.6 Å². The first-order chi connectivity index (χ1) is 14.8. The van der Waals surface area contributed by atoms with Crippen molar-refractivity contribution in [3.8, 4) is 17.0 Å². The third-order valence-corrected chi connectivity index (χ3v) is 5.20. The molecule has 7 nitrogen and oxygen atoms in total. The standard InChI is InChI=1S/C21H23F3N6O/c1-15-17(13-28(2)27-15)14-29-8-10-30(11-9-29)20-19(25-6-7-26-20)16-4-3-5-18(12-16)31-21(22,23)24/h3-7,12-13H,8-11,14H2,1-2H3. The Hall–Kier alpha value is -3.14. The predicted octanol–water partition coefficient (Wildman–Crippen LogP) is 3.41. The molecule has 0 aliphatic carbocycles. The van der Waals surface area contributed by atoms with E-state index in [1.807, 2.05) is 24.9 Å². The summed E-state index contributed by atoms with van der Waals surface area (Å²) in [5.41, 5.74) is 3.30. The SMILES string of the molecule is Cc1nn(C)cc1CN1CCN(c2nccnc2-c2cccc(OC(F)(F)F)c2)CC1. The van der Waals surface area contributed by atoms with Crippen molar-refractivity contribution in [3.05, 3.63) is 54.1 Å². The van der Waals surface area contributed by atoms with Crippen molar-refractivity contribution in [2.75, 3.05) is 31.1 Å². The number of hydrogen-bond donors (Lipinski definition) is 0. The molecule has 0 radical (unpaired) electrons. The van der Waals surface area contributed by atoms with Gasteiger partial charge in [-0.05, 0) is 19.1 Å². The van der Waals surface area contributed by atoms with E-state index in [0.29, 0.717) is 17.1 Å². The van der Waals surface area contributed by atoms with Crippen molar-refractivity contribution in [2.24, 2.45) is 7.05 Å². The highest BCUT2D eigenvalue weighted by Crippen LogP contribution is 2.31. The number of benzene rings is 1. The van der Waals surface area contributed by atoms with Gasteiger partial charge in [-0.25, -0.2) is 4.98 Å². The summed E-state index contributed by atoms with van der Waals surface area (Å²) in [7, 11) is 1.92. The molecule has 164 valence electrons. The van der Waals surface area contributed by atoms with Crippen molar-refractivity contribution < 1.29 is 17.9 Å². The lowest BCUT2D eigenvalue weighted by Gasteiger charge is -2.35. The van der Waals surface area contributed by atoms with Crippen LogP contribution in [0.3, 0.4) is 0 Å². The van der Waals surface area contributed by atoms with Crippen molar-refractivity contribution >= 4 is 5.82 Å². The van der Waals surface area contributed by atoms with Crippen LogP contribution in [0.4, 0.5) is 19.0 Å². The molecule has 1 aliphatic rings. The fourth-order valence-electron chi connectivity index (χ4n) is 3.77. The lowest BCUT2D eigenvalue weighted by molar-refractivity contribution is -0.274. The molecule has 3 heterocycles. The Kier molecular flexibility index (Phi) is 5.81. The molecule has 0 unspecified atom stereocenters. The van der Waals surface area contributed by atoms with E-state index in [0.717, 1.165) is 38.4 Å². The minimum Gasteiger partial charge on any atom is -0.406 e. The van der Waals surface area contributed by atoms with Crippen LogP contribution in [0.1, 0.15) is 11.3 Å². The summed E-state index contributed by atoms with van der Waals surface area (Å²) in [6.07, 6.45) is 0.434. The average Bonchev–Trinajstić information content (AvgIpc) is 3.04. The monoisotopic (exact) mass is 432 g/mol. The van der Waals surface area contributed by atoms with E-state index in [9.17, 15) is 13.2 Å². The molecule has 1 aliphatic heterocycles. The number of rotatable bonds is 5. The van der Waals surface area contributed by atoms with Crippen LogP contribution in [0.15, 0.2) is 42.9 Å². The predicted molar refractivity (Wildman–Crippen MR) is 110 cm³/mol. The molecule has 0 bridgehead atoms. The van der Waals surface area contributed by atoms with Gasteiger partial charge in [-0.3, -0.25) is 14.6 Å². The van der Waals surface area contributed by atoms with E-state index in [1.54, 1.807) is 12.3 Å². The van der Waals surface area contributed by atoms with Gasteiger partial charge < -0.3 is 9.64 Å². The average molecular weight is 432 g/mol. The maximum absolute atomic E-state index is 12.6. The van der Waals surface area contributed by atoms with Crippen LogP contribution in [0.2, 0.25) is 0 Å². The van der Waals surface area contributed by atoms with E-state index in [1.165, 1.54) is 30.0 Å². The van der Waals surface area contributed by atoms with Gasteiger partial charge in [0.2, 0.25) is 0 Å². The lowest BCUT2D eigenvalue weighted by atomic mass is 10.1. The molecule has 3 aromatic rings. The highest BCUT2D eigenvalue weighted by Gasteiger charge is 2.31. The number of hydrogen-bond acceptors (Lipinski definition) is 6. The zero-order valence-electron chi connectivity index (χ0n) is 17.3. The summed E-state index contributed by atoms with van der Waals surface area (Å²) in [4.78, 5) is 13.3. The third-order valence-electron chi connectivity index (χ3n) is 5.20. The molecule has 4 rings (SSSR count). The third kappa shape index (κ3) is 5.13. The van der Waals surface area contributed by atoms with Crippen molar-refractivity contribution in [1.29, 1.82) is 0 Å². The van der Waals surface area contributed by atoms with Crippen molar-refractivity contribution in [3.63, 3.8) is 0 Å². The molecule has 31 heavy (non-hydrogen) atoms. The number of anilines is 1. The number of ether oxygens (including phenoxy) is 1. The molecule has 0 saturated carbocycles. The highest BCUT2D eigenvalue weighted by atomic mass is 19.4. The van der Waals surface area contributed by atoms with Crippen LogP contribution in [0, 0.1) is 6.92 Å². The van der Waals surface area contributed by atoms with Crippen molar-refractivity contribution in [2.45, 2.75) is 19.8 Å². The van der Waals surface area contributed by atoms with Gasteiger partial charge in [0.15, 0.2) is 5.82 Å². The first-order valence-corrected chi connectivity index (χ1v) is 9.92. The minimum atomic E-state index is -4.74. The molecule has 2 aromatic heterocycles. The second-order valence-electron chi connectivity index (χ2n) is 7.48. The van der Waals surface area contributed by atoms with Gasteiger partial charge >= 0.3 is 6.36 Å². The summed E-state index contributed by atoms with van der Waals surface area (Å²) in [6.45, 7) is 5.99. The first kappa shape index (κ1) is 21.1. The topological polar surface area (TPSA) is 59.3 Å². The summed E-state index contributed by atoms with van der Waals surface area (Å²) >= 11 is 0. The minimum absolute atomic E-state index is 0.279. The molecular formula is C21H23F3N6O. The molecule has 1 fully saturated rings. The molecule has 1 aromatic carbocycles. The number of alkyl halides is 3. The maximum atomic E-state index is 12.6. The van der Waals surface area contributed by atoms with Crippen LogP contribution < -0.4 is 9.64 Å². The number of piperazine rings is 1. The largest absolute Gasteiger partial charge is 0.573 e. The Bertz CT molecular complexity index is 1040. The summed E-state index contributed by atoms with van der Waals surface area (Å²) < 4.78 is 43.7. The van der Waals surface area contributed by atoms with Crippen LogP contribution >= 0.6 is 0 Å². The summed E-state index contributed by atoms with van der Waals surface area (Å²) in [6, 6.07) is 5.83. The molecule has 0 atom stereocenters. The van der Waals surface area contributed by atoms with Crippen LogP contribution in [-0.4, -0.2) is 57.2 Å². The lowest BCUT2D eigenvalue weighted by Crippen LogP contribution is -2.46. The Balaban J connectivity index is 1.48. The van der Waals surface area contributed by atoms with E-state index < -0.39 is 6.36 Å². The molecule has 0 N–H and O–H groups in total. The zero-order valence-corrected chi connectivity index (χ0v) is 17.3. The fourth-order valence-corrected chi connectivity index (χ4v) is 3.77.